The second-order valence-corrected chi connectivity index (χ2v) is 4.61. The summed E-state index contributed by atoms with van der Waals surface area (Å²) in [4.78, 5) is 27.7. The number of rotatable bonds is 6. The summed E-state index contributed by atoms with van der Waals surface area (Å²) in [7, 11) is 0. The van der Waals surface area contributed by atoms with Crippen LogP contribution in [0.15, 0.2) is 49.2 Å². The van der Waals surface area contributed by atoms with E-state index in [1.54, 1.807) is 24.3 Å². The number of carbonyl (C=O) groups is 2. The van der Waals surface area contributed by atoms with Crippen molar-refractivity contribution in [2.45, 2.75) is 18.9 Å². The Hall–Kier alpha value is -2.69. The Kier molecular flexibility index (Phi) is 4.66. The zero-order valence-electron chi connectivity index (χ0n) is 11.5. The number of nitrogens with zero attached hydrogens (tertiary/aromatic N) is 1. The van der Waals surface area contributed by atoms with Gasteiger partial charge >= 0.3 is 5.97 Å². The lowest BCUT2D eigenvalue weighted by atomic mass is 10.1. The van der Waals surface area contributed by atoms with E-state index in [9.17, 15) is 9.59 Å². The number of allylic oxidation sites excluding steroid dienone is 1. The molecule has 2 N–H and O–H groups in total. The van der Waals surface area contributed by atoms with Crippen LogP contribution in [0.2, 0.25) is 0 Å². The number of hydrogen-bond donors (Lipinski definition) is 2. The first-order chi connectivity index (χ1) is 10.1. The summed E-state index contributed by atoms with van der Waals surface area (Å²) in [6.07, 6.45) is 4.00. The molecule has 2 aromatic rings. The molecule has 0 bridgehead atoms. The number of fused-ring (bicyclic) bond motifs is 1. The van der Waals surface area contributed by atoms with Crippen LogP contribution in [0.5, 0.6) is 0 Å². The van der Waals surface area contributed by atoms with Gasteiger partial charge in [0, 0.05) is 11.6 Å². The van der Waals surface area contributed by atoms with E-state index < -0.39 is 17.9 Å². The van der Waals surface area contributed by atoms with E-state index >= 15 is 0 Å². The quantitative estimate of drug-likeness (QED) is 0.798. The number of carbonyl (C=O) groups excluding carboxylic acids is 1. The normalized spacial score (nSPS) is 11.8. The lowest BCUT2D eigenvalue weighted by molar-refractivity contribution is -0.139. The number of carboxylic acids is 1. The number of aliphatic carboxylic acids is 1. The molecule has 0 saturated heterocycles. The van der Waals surface area contributed by atoms with Crippen LogP contribution in [0.25, 0.3) is 10.9 Å². The third-order valence-corrected chi connectivity index (χ3v) is 3.16. The number of hydrogen-bond acceptors (Lipinski definition) is 3. The van der Waals surface area contributed by atoms with Gasteiger partial charge in [-0.2, -0.15) is 0 Å². The van der Waals surface area contributed by atoms with Crippen LogP contribution in [0.4, 0.5) is 0 Å². The third kappa shape index (κ3) is 3.45. The summed E-state index contributed by atoms with van der Waals surface area (Å²) in [5, 5.41) is 12.4. The van der Waals surface area contributed by atoms with Gasteiger partial charge in [0.25, 0.3) is 5.91 Å². The molecule has 0 aliphatic heterocycles. The fraction of sp³-hybridized carbons (Fsp3) is 0.188. The molecular formula is C16H16N2O3. The van der Waals surface area contributed by atoms with Gasteiger partial charge in [-0.3, -0.25) is 9.78 Å². The smallest absolute Gasteiger partial charge is 0.326 e. The number of amides is 1. The predicted molar refractivity (Wildman–Crippen MR) is 80.1 cm³/mol. The molecule has 0 saturated carbocycles. The molecule has 2 rings (SSSR count). The molecule has 0 aliphatic carbocycles. The summed E-state index contributed by atoms with van der Waals surface area (Å²) in [5.74, 6) is -1.46. The maximum atomic E-state index is 12.3. The Labute approximate surface area is 122 Å². The molecule has 5 nitrogen and oxygen atoms in total. The van der Waals surface area contributed by atoms with Crippen molar-refractivity contribution in [1.29, 1.82) is 0 Å². The molecule has 1 aromatic carbocycles. The molecule has 0 unspecified atom stereocenters. The van der Waals surface area contributed by atoms with Crippen molar-refractivity contribution < 1.29 is 14.7 Å². The van der Waals surface area contributed by atoms with Crippen LogP contribution in [0, 0.1) is 0 Å². The molecule has 108 valence electrons. The number of nitrogens with one attached hydrogen (secondary N) is 1. The predicted octanol–water partition coefficient (Wildman–Crippen LogP) is 2.38. The van der Waals surface area contributed by atoms with Crippen molar-refractivity contribution in [3.8, 4) is 0 Å². The van der Waals surface area contributed by atoms with Crippen molar-refractivity contribution in [1.82, 2.24) is 10.3 Å². The Morgan fingerprint density at radius 3 is 2.81 bits per heavy atom. The van der Waals surface area contributed by atoms with Crippen LogP contribution in [0.1, 0.15) is 23.2 Å². The minimum Gasteiger partial charge on any atom is -0.480 e. The Balaban J connectivity index is 2.25. The summed E-state index contributed by atoms with van der Waals surface area (Å²) >= 11 is 0. The molecule has 0 aliphatic rings. The van der Waals surface area contributed by atoms with Gasteiger partial charge in [-0.15, -0.1) is 6.58 Å². The van der Waals surface area contributed by atoms with E-state index in [4.69, 9.17) is 5.11 Å². The third-order valence-electron chi connectivity index (χ3n) is 3.16. The van der Waals surface area contributed by atoms with Gasteiger partial charge in [-0.05, 0) is 25.0 Å². The Morgan fingerprint density at radius 2 is 2.10 bits per heavy atom. The number of pyridine rings is 1. The van der Waals surface area contributed by atoms with Crippen LogP contribution < -0.4 is 5.32 Å². The average Bonchev–Trinajstić information content (AvgIpc) is 2.50. The van der Waals surface area contributed by atoms with Gasteiger partial charge in [0.15, 0.2) is 0 Å². The summed E-state index contributed by atoms with van der Waals surface area (Å²) in [5.41, 5.74) is 1.12. The van der Waals surface area contributed by atoms with E-state index in [0.717, 1.165) is 0 Å². The number of carboxylic acid groups (broad SMARTS) is 1. The number of benzene rings is 1. The van der Waals surface area contributed by atoms with Gasteiger partial charge in [0.05, 0.1) is 11.1 Å². The van der Waals surface area contributed by atoms with Crippen molar-refractivity contribution in [2.24, 2.45) is 0 Å². The molecular weight excluding hydrogens is 268 g/mol. The fourth-order valence-corrected chi connectivity index (χ4v) is 2.07. The second-order valence-electron chi connectivity index (χ2n) is 4.61. The summed E-state index contributed by atoms with van der Waals surface area (Å²) in [6.45, 7) is 3.56. The van der Waals surface area contributed by atoms with Crippen LogP contribution in [-0.4, -0.2) is 28.0 Å². The molecule has 1 heterocycles. The van der Waals surface area contributed by atoms with Crippen LogP contribution in [0.3, 0.4) is 0 Å². The highest BCUT2D eigenvalue weighted by Gasteiger charge is 2.20. The number of para-hydroxylation sites is 1. The van der Waals surface area contributed by atoms with Gasteiger partial charge in [0.1, 0.15) is 6.04 Å². The lowest BCUT2D eigenvalue weighted by Gasteiger charge is -2.14. The summed E-state index contributed by atoms with van der Waals surface area (Å²) in [6, 6.07) is 7.90. The molecule has 21 heavy (non-hydrogen) atoms. The maximum absolute atomic E-state index is 12.3. The highest BCUT2D eigenvalue weighted by atomic mass is 16.4. The molecule has 1 aromatic heterocycles. The van der Waals surface area contributed by atoms with Crippen molar-refractivity contribution in [3.63, 3.8) is 0 Å². The van der Waals surface area contributed by atoms with Gasteiger partial charge in [0.2, 0.25) is 0 Å². The zero-order chi connectivity index (χ0) is 15.2. The molecule has 0 radical (unpaired) electrons. The van der Waals surface area contributed by atoms with Gasteiger partial charge in [-0.1, -0.05) is 24.3 Å². The monoisotopic (exact) mass is 284 g/mol. The highest BCUT2D eigenvalue weighted by Crippen LogP contribution is 2.16. The Morgan fingerprint density at radius 1 is 1.33 bits per heavy atom. The minimum absolute atomic E-state index is 0.313. The van der Waals surface area contributed by atoms with E-state index in [1.807, 2.05) is 12.1 Å². The first-order valence-electron chi connectivity index (χ1n) is 6.62. The largest absolute Gasteiger partial charge is 0.480 e. The first kappa shape index (κ1) is 14.7. The molecule has 1 atom stereocenters. The maximum Gasteiger partial charge on any atom is 0.326 e. The minimum atomic E-state index is -1.05. The average molecular weight is 284 g/mol. The van der Waals surface area contributed by atoms with Crippen LogP contribution in [-0.2, 0) is 4.79 Å². The Bertz CT molecular complexity index is 677. The molecule has 0 spiro atoms. The van der Waals surface area contributed by atoms with Gasteiger partial charge in [-0.25, -0.2) is 4.79 Å². The molecule has 1 amide bonds. The highest BCUT2D eigenvalue weighted by molar-refractivity contribution is 6.06. The summed E-state index contributed by atoms with van der Waals surface area (Å²) < 4.78 is 0. The van der Waals surface area contributed by atoms with Crippen molar-refractivity contribution >= 4 is 22.8 Å². The van der Waals surface area contributed by atoms with Gasteiger partial charge < -0.3 is 10.4 Å². The topological polar surface area (TPSA) is 79.3 Å². The number of aromatic nitrogens is 1. The fourth-order valence-electron chi connectivity index (χ4n) is 2.07. The SMILES string of the molecule is C=CCC[C@H](NC(=O)c1ccnc2ccccc12)C(=O)O. The molecule has 0 fully saturated rings. The second kappa shape index (κ2) is 6.65. The lowest BCUT2D eigenvalue weighted by Crippen LogP contribution is -2.40. The standard InChI is InChI=1S/C16H16N2O3/c1-2-3-7-14(16(20)21)18-15(19)12-9-10-17-13-8-5-4-6-11(12)13/h2,4-6,8-10,14H,1,3,7H2,(H,18,19)(H,20,21)/t14-/m0/s1. The first-order valence-corrected chi connectivity index (χ1v) is 6.62. The van der Waals surface area contributed by atoms with Crippen LogP contribution >= 0.6 is 0 Å². The van der Waals surface area contributed by atoms with E-state index in [1.165, 1.54) is 6.20 Å². The van der Waals surface area contributed by atoms with Crippen molar-refractivity contribution in [2.75, 3.05) is 0 Å². The van der Waals surface area contributed by atoms with E-state index in [2.05, 4.69) is 16.9 Å². The molecule has 5 heteroatoms. The zero-order valence-corrected chi connectivity index (χ0v) is 11.5. The van der Waals surface area contributed by atoms with Crippen molar-refractivity contribution in [3.05, 3.63) is 54.7 Å². The van der Waals surface area contributed by atoms with E-state index in [0.29, 0.717) is 29.3 Å². The van der Waals surface area contributed by atoms with E-state index in [-0.39, 0.29) is 0 Å².